The van der Waals surface area contributed by atoms with Gasteiger partial charge >= 0.3 is 0 Å². The second-order valence-corrected chi connectivity index (χ2v) is 8.26. The van der Waals surface area contributed by atoms with Gasteiger partial charge < -0.3 is 9.30 Å². The molecule has 1 fully saturated rings. The molecule has 3 aromatic heterocycles. The molecule has 0 amide bonds. The Hall–Kier alpha value is -2.84. The molecule has 6 nitrogen and oxygen atoms in total. The van der Waals surface area contributed by atoms with Crippen LogP contribution >= 0.6 is 11.3 Å². The zero-order valence-electron chi connectivity index (χ0n) is 16.4. The fraction of sp³-hybridized carbons (Fsp3) is 0.318. The van der Waals surface area contributed by atoms with E-state index >= 15 is 0 Å². The molecule has 4 heterocycles. The fourth-order valence-corrected chi connectivity index (χ4v) is 4.48. The number of rotatable bonds is 6. The Bertz CT molecular complexity index is 1110. The lowest BCUT2D eigenvalue weighted by atomic mass is 10.1. The van der Waals surface area contributed by atoms with Crippen molar-refractivity contribution in [2.75, 3.05) is 13.1 Å². The van der Waals surface area contributed by atoms with Crippen molar-refractivity contribution in [1.29, 1.82) is 0 Å². The van der Waals surface area contributed by atoms with E-state index in [0.29, 0.717) is 23.5 Å². The molecule has 30 heavy (non-hydrogen) atoms. The van der Waals surface area contributed by atoms with Crippen molar-refractivity contribution in [2.45, 2.75) is 32.0 Å². The Morgan fingerprint density at radius 1 is 1.07 bits per heavy atom. The van der Waals surface area contributed by atoms with Crippen molar-refractivity contribution < 1.29 is 9.13 Å². The van der Waals surface area contributed by atoms with E-state index in [-0.39, 0.29) is 11.9 Å². The summed E-state index contributed by atoms with van der Waals surface area (Å²) >= 11 is 1.62. The van der Waals surface area contributed by atoms with Gasteiger partial charge in [0.1, 0.15) is 17.8 Å². The number of aromatic nitrogens is 4. The Morgan fingerprint density at radius 3 is 2.67 bits per heavy atom. The molecule has 0 atom stereocenters. The van der Waals surface area contributed by atoms with E-state index in [1.54, 1.807) is 11.3 Å². The number of benzene rings is 1. The highest BCUT2D eigenvalue weighted by Crippen LogP contribution is 2.29. The molecule has 1 aliphatic heterocycles. The van der Waals surface area contributed by atoms with Gasteiger partial charge in [0.05, 0.1) is 11.2 Å². The average Bonchev–Trinajstić information content (AvgIpc) is 3.39. The summed E-state index contributed by atoms with van der Waals surface area (Å²) in [7, 11) is 0. The summed E-state index contributed by atoms with van der Waals surface area (Å²) in [5.41, 5.74) is 4.62. The second kappa shape index (κ2) is 8.49. The summed E-state index contributed by atoms with van der Waals surface area (Å²) in [6.45, 7) is 3.26. The first-order valence-electron chi connectivity index (χ1n) is 10.1. The van der Waals surface area contributed by atoms with Crippen LogP contribution in [0.5, 0.6) is 5.88 Å². The van der Waals surface area contributed by atoms with Gasteiger partial charge in [0.15, 0.2) is 11.5 Å². The molecule has 8 heteroatoms. The van der Waals surface area contributed by atoms with Crippen LogP contribution in [0.4, 0.5) is 4.39 Å². The van der Waals surface area contributed by atoms with E-state index < -0.39 is 0 Å². The van der Waals surface area contributed by atoms with Crippen LogP contribution in [0.1, 0.15) is 24.1 Å². The monoisotopic (exact) mass is 423 g/mol. The Kier molecular flexibility index (Phi) is 5.42. The summed E-state index contributed by atoms with van der Waals surface area (Å²) in [6.07, 6.45) is 4.71. The van der Waals surface area contributed by atoms with Crippen molar-refractivity contribution in [3.63, 3.8) is 0 Å². The van der Waals surface area contributed by atoms with Crippen LogP contribution in [0, 0.1) is 5.82 Å². The molecule has 154 valence electrons. The zero-order chi connectivity index (χ0) is 20.3. The normalized spacial score (nSPS) is 15.6. The van der Waals surface area contributed by atoms with Gasteiger partial charge in [0.2, 0.25) is 5.88 Å². The molecule has 0 unspecified atom stereocenters. The maximum atomic E-state index is 14.8. The van der Waals surface area contributed by atoms with Crippen molar-refractivity contribution in [3.8, 4) is 5.88 Å². The number of likely N-dealkylation sites (tertiary alicyclic amines) is 1. The number of ether oxygens (including phenoxy) is 1. The number of hydrogen-bond donors (Lipinski definition) is 0. The first-order chi connectivity index (χ1) is 14.8. The smallest absolute Gasteiger partial charge is 0.229 e. The van der Waals surface area contributed by atoms with Gasteiger partial charge in [-0.3, -0.25) is 4.90 Å². The Balaban J connectivity index is 1.29. The quantitative estimate of drug-likeness (QED) is 0.467. The van der Waals surface area contributed by atoms with Crippen LogP contribution < -0.4 is 4.74 Å². The molecule has 0 radical (unpaired) electrons. The van der Waals surface area contributed by atoms with Gasteiger partial charge in [-0.1, -0.05) is 30.3 Å². The molecule has 0 aliphatic carbocycles. The first-order valence-corrected chi connectivity index (χ1v) is 11.0. The standard InChI is InChI=1S/C22H22FN5OS/c23-19-12-28(10-16-4-2-1-3-5-16)21-20(19)22(25-14-24-21)29-18-6-8-27(9-7-18)11-17-13-30-15-26-17/h1-5,12-15,18H,6-11H2. The van der Waals surface area contributed by atoms with E-state index in [0.717, 1.165) is 43.7 Å². The molecule has 1 aromatic carbocycles. The summed E-state index contributed by atoms with van der Waals surface area (Å²) in [5, 5.41) is 2.45. The highest BCUT2D eigenvalue weighted by atomic mass is 32.1. The maximum absolute atomic E-state index is 14.8. The van der Waals surface area contributed by atoms with Gasteiger partial charge in [-0.25, -0.2) is 19.3 Å². The predicted octanol–water partition coefficient (Wildman–Crippen LogP) is 4.12. The van der Waals surface area contributed by atoms with Crippen LogP contribution in [0.3, 0.4) is 0 Å². The average molecular weight is 424 g/mol. The number of nitrogens with zero attached hydrogens (tertiary/aromatic N) is 5. The van der Waals surface area contributed by atoms with Crippen LogP contribution in [-0.4, -0.2) is 43.6 Å². The third-order valence-corrected chi connectivity index (χ3v) is 6.09. The maximum Gasteiger partial charge on any atom is 0.229 e. The minimum absolute atomic E-state index is 0.0201. The molecule has 1 saturated heterocycles. The van der Waals surface area contributed by atoms with Gasteiger partial charge in [-0.15, -0.1) is 11.3 Å². The summed E-state index contributed by atoms with van der Waals surface area (Å²) in [5.74, 6) is -0.0141. The summed E-state index contributed by atoms with van der Waals surface area (Å²) in [4.78, 5) is 15.3. The Morgan fingerprint density at radius 2 is 1.90 bits per heavy atom. The van der Waals surface area contributed by atoms with E-state index in [9.17, 15) is 4.39 Å². The summed E-state index contributed by atoms with van der Waals surface area (Å²) in [6, 6.07) is 9.95. The molecule has 5 rings (SSSR count). The number of thiazole rings is 1. The second-order valence-electron chi connectivity index (χ2n) is 7.54. The van der Waals surface area contributed by atoms with Gasteiger partial charge in [0.25, 0.3) is 0 Å². The van der Waals surface area contributed by atoms with E-state index in [4.69, 9.17) is 4.74 Å². The van der Waals surface area contributed by atoms with Crippen LogP contribution in [0.15, 0.2) is 53.7 Å². The molecule has 0 N–H and O–H groups in total. The molecule has 1 aliphatic rings. The van der Waals surface area contributed by atoms with Gasteiger partial charge in [-0.2, -0.15) is 0 Å². The lowest BCUT2D eigenvalue weighted by molar-refractivity contribution is 0.0937. The Labute approximate surface area is 178 Å². The minimum atomic E-state index is -0.350. The van der Waals surface area contributed by atoms with Gasteiger partial charge in [-0.05, 0) is 18.4 Å². The van der Waals surface area contributed by atoms with Crippen LogP contribution in [0.2, 0.25) is 0 Å². The molecule has 0 saturated carbocycles. The number of hydrogen-bond acceptors (Lipinski definition) is 6. The lowest BCUT2D eigenvalue weighted by Crippen LogP contribution is -2.38. The van der Waals surface area contributed by atoms with Crippen molar-refractivity contribution in [1.82, 2.24) is 24.4 Å². The third-order valence-electron chi connectivity index (χ3n) is 5.45. The van der Waals surface area contributed by atoms with Crippen molar-refractivity contribution in [3.05, 3.63) is 70.8 Å². The number of fused-ring (bicyclic) bond motifs is 1. The zero-order valence-corrected chi connectivity index (χ0v) is 17.3. The van der Waals surface area contributed by atoms with Crippen LogP contribution in [0.25, 0.3) is 11.0 Å². The molecular weight excluding hydrogens is 401 g/mol. The molecule has 0 bridgehead atoms. The molecule has 0 spiro atoms. The first kappa shape index (κ1) is 19.1. The number of piperidine rings is 1. The SMILES string of the molecule is Fc1cn(Cc2ccccc2)c2ncnc(OC3CCN(Cc4cscn4)CC3)c12. The highest BCUT2D eigenvalue weighted by molar-refractivity contribution is 7.07. The van der Waals surface area contributed by atoms with E-state index in [2.05, 4.69) is 25.2 Å². The van der Waals surface area contributed by atoms with E-state index in [1.165, 1.54) is 12.5 Å². The summed E-state index contributed by atoms with van der Waals surface area (Å²) < 4.78 is 22.8. The van der Waals surface area contributed by atoms with Crippen LogP contribution in [-0.2, 0) is 13.1 Å². The number of halogens is 1. The lowest BCUT2D eigenvalue weighted by Gasteiger charge is -2.31. The topological polar surface area (TPSA) is 56.1 Å². The van der Waals surface area contributed by atoms with Crippen molar-refractivity contribution >= 4 is 22.4 Å². The highest BCUT2D eigenvalue weighted by Gasteiger charge is 2.24. The third kappa shape index (κ3) is 4.06. The van der Waals surface area contributed by atoms with E-state index in [1.807, 2.05) is 40.4 Å². The van der Waals surface area contributed by atoms with Gasteiger partial charge in [0, 0.05) is 37.8 Å². The fourth-order valence-electron chi connectivity index (χ4n) is 3.93. The molecule has 4 aromatic rings. The predicted molar refractivity (Wildman–Crippen MR) is 114 cm³/mol. The largest absolute Gasteiger partial charge is 0.474 e. The minimum Gasteiger partial charge on any atom is -0.474 e. The van der Waals surface area contributed by atoms with Crippen molar-refractivity contribution in [2.24, 2.45) is 0 Å². The molecular formula is C22H22FN5OS.